The molecule has 0 rings (SSSR count). The molecule has 0 bridgehead atoms. The van der Waals surface area contributed by atoms with Crippen LogP contribution in [0.2, 0.25) is 0 Å². The SMILES string of the molecule is CON=C(C)C=NO.[Cl][Co][Cl]. The van der Waals surface area contributed by atoms with Gasteiger partial charge >= 0.3 is 33.2 Å². The summed E-state index contributed by atoms with van der Waals surface area (Å²) in [6, 6.07) is 0. The maximum atomic E-state index is 7.90. The molecular weight excluding hydrogens is 238 g/mol. The fourth-order valence-electron chi connectivity index (χ4n) is 0.251. The third kappa shape index (κ3) is 17.8. The van der Waals surface area contributed by atoms with Gasteiger partial charge in [-0.25, -0.2) is 0 Å². The predicted octanol–water partition coefficient (Wildman–Crippen LogP) is 1.85. The Labute approximate surface area is 79.7 Å². The molecule has 69 valence electrons. The second kappa shape index (κ2) is 12.7. The van der Waals surface area contributed by atoms with Crippen molar-refractivity contribution < 1.29 is 22.9 Å². The number of halogens is 2. The Morgan fingerprint density at radius 3 is 2.36 bits per heavy atom. The average molecular weight is 246 g/mol. The Hall–Kier alpha value is 0.0265. The quantitative estimate of drug-likeness (QED) is 0.459. The van der Waals surface area contributed by atoms with Gasteiger partial charge in [-0.1, -0.05) is 10.3 Å². The van der Waals surface area contributed by atoms with Gasteiger partial charge in [-0.3, -0.25) is 0 Å². The zero-order valence-corrected chi connectivity index (χ0v) is 8.47. The molecule has 0 aromatic rings. The van der Waals surface area contributed by atoms with Crippen molar-refractivity contribution >= 4 is 32.2 Å². The van der Waals surface area contributed by atoms with E-state index in [2.05, 4.69) is 15.1 Å². The number of rotatable bonds is 2. The fourth-order valence-corrected chi connectivity index (χ4v) is 0.251. The molecule has 7 heteroatoms. The summed E-state index contributed by atoms with van der Waals surface area (Å²) in [6.07, 6.45) is 1.18. The summed E-state index contributed by atoms with van der Waals surface area (Å²) in [5.74, 6) is 0. The van der Waals surface area contributed by atoms with Gasteiger partial charge < -0.3 is 10.0 Å². The van der Waals surface area contributed by atoms with Crippen molar-refractivity contribution in [2.75, 3.05) is 7.11 Å². The van der Waals surface area contributed by atoms with Gasteiger partial charge in [0.25, 0.3) is 0 Å². The van der Waals surface area contributed by atoms with E-state index >= 15 is 0 Å². The van der Waals surface area contributed by atoms with Crippen LogP contribution in [0.25, 0.3) is 0 Å². The molecule has 0 aliphatic rings. The molecule has 0 atom stereocenters. The Morgan fingerprint density at radius 2 is 2.09 bits per heavy atom. The molecule has 0 aromatic carbocycles. The third-order valence-electron chi connectivity index (χ3n) is 0.480. The van der Waals surface area contributed by atoms with Crippen molar-refractivity contribution in [1.29, 1.82) is 0 Å². The van der Waals surface area contributed by atoms with Crippen LogP contribution in [0.3, 0.4) is 0 Å². The van der Waals surface area contributed by atoms with Gasteiger partial charge in [0.1, 0.15) is 7.11 Å². The number of nitrogens with zero attached hydrogens (tertiary/aromatic N) is 2. The first kappa shape index (κ1) is 13.6. The molecule has 1 N–H and O–H groups in total. The van der Waals surface area contributed by atoms with Crippen LogP contribution in [-0.4, -0.2) is 24.2 Å². The van der Waals surface area contributed by atoms with Gasteiger partial charge in [-0.05, 0) is 6.92 Å². The third-order valence-corrected chi connectivity index (χ3v) is 0.480. The van der Waals surface area contributed by atoms with Gasteiger partial charge in [0.2, 0.25) is 0 Å². The van der Waals surface area contributed by atoms with Gasteiger partial charge in [-0.2, -0.15) is 0 Å². The molecule has 4 nitrogen and oxygen atoms in total. The second-order valence-corrected chi connectivity index (χ2v) is 2.93. The molecule has 0 aliphatic carbocycles. The predicted molar refractivity (Wildman–Crippen MR) is 42.1 cm³/mol. The Balaban J connectivity index is 0. The summed E-state index contributed by atoms with van der Waals surface area (Å²) in [5.41, 5.74) is 0.523. The van der Waals surface area contributed by atoms with E-state index in [-0.39, 0.29) is 0 Å². The van der Waals surface area contributed by atoms with Crippen molar-refractivity contribution in [3.05, 3.63) is 0 Å². The van der Waals surface area contributed by atoms with Gasteiger partial charge in [-0.15, -0.1) is 0 Å². The molecule has 0 heterocycles. The molecule has 0 fully saturated rings. The number of oxime groups is 2. The minimum atomic E-state index is 0.382. The molecule has 0 saturated carbocycles. The number of hydrogen-bond donors (Lipinski definition) is 1. The molecule has 0 aromatic heterocycles. The Morgan fingerprint density at radius 1 is 1.64 bits per heavy atom. The summed E-state index contributed by atoms with van der Waals surface area (Å²) >= 11 is 0.382. The van der Waals surface area contributed by atoms with E-state index in [0.717, 1.165) is 0 Å². The van der Waals surface area contributed by atoms with Crippen LogP contribution >= 0.6 is 20.3 Å². The molecule has 0 amide bonds. The van der Waals surface area contributed by atoms with Crippen LogP contribution in [0.4, 0.5) is 0 Å². The van der Waals surface area contributed by atoms with Crippen molar-refractivity contribution in [2.45, 2.75) is 6.92 Å². The van der Waals surface area contributed by atoms with Crippen LogP contribution < -0.4 is 0 Å². The van der Waals surface area contributed by atoms with Crippen molar-refractivity contribution in [2.24, 2.45) is 10.3 Å². The minimum absolute atomic E-state index is 0.382. The zero-order valence-electron chi connectivity index (χ0n) is 5.92. The summed E-state index contributed by atoms with van der Waals surface area (Å²) in [5, 5.41) is 14.0. The molecule has 11 heavy (non-hydrogen) atoms. The van der Waals surface area contributed by atoms with Crippen LogP contribution in [0.5, 0.6) is 0 Å². The van der Waals surface area contributed by atoms with Crippen molar-refractivity contribution in [3.63, 3.8) is 0 Å². The molecule has 0 saturated heterocycles. The molecule has 0 radical (unpaired) electrons. The van der Waals surface area contributed by atoms with E-state index in [1.807, 2.05) is 0 Å². The maximum absolute atomic E-state index is 7.90. The normalized spacial score (nSPS) is 11.1. The van der Waals surface area contributed by atoms with E-state index in [1.54, 1.807) is 6.92 Å². The summed E-state index contributed by atoms with van der Waals surface area (Å²) < 4.78 is 0. The first-order chi connectivity index (χ1) is 5.22. The van der Waals surface area contributed by atoms with E-state index in [4.69, 9.17) is 25.5 Å². The van der Waals surface area contributed by atoms with Crippen LogP contribution in [0.1, 0.15) is 6.92 Å². The first-order valence-corrected chi connectivity index (χ1v) is 5.18. The molecule has 0 aliphatic heterocycles. The van der Waals surface area contributed by atoms with Crippen LogP contribution in [0, 0.1) is 0 Å². The average Bonchev–Trinajstić information content (AvgIpc) is 1.90. The summed E-state index contributed by atoms with van der Waals surface area (Å²) in [7, 11) is 10.9. The van der Waals surface area contributed by atoms with Crippen molar-refractivity contribution in [1.82, 2.24) is 0 Å². The molecule has 0 unspecified atom stereocenters. The monoisotopic (exact) mass is 245 g/mol. The number of hydrogen-bond acceptors (Lipinski definition) is 4. The van der Waals surface area contributed by atoms with Gasteiger partial charge in [0, 0.05) is 0 Å². The topological polar surface area (TPSA) is 54.2 Å². The van der Waals surface area contributed by atoms with E-state index in [9.17, 15) is 0 Å². The first-order valence-electron chi connectivity index (χ1n) is 2.31. The van der Waals surface area contributed by atoms with Crippen LogP contribution in [0.15, 0.2) is 10.3 Å². The van der Waals surface area contributed by atoms with E-state index < -0.39 is 0 Å². The zero-order chi connectivity index (χ0) is 9.11. The van der Waals surface area contributed by atoms with E-state index in [1.165, 1.54) is 13.3 Å². The second-order valence-electron chi connectivity index (χ2n) is 1.21. The van der Waals surface area contributed by atoms with Crippen LogP contribution in [-0.2, 0) is 17.7 Å². The Kier molecular flexibility index (Phi) is 15.7. The Bertz CT molecular complexity index is 131. The molecular formula is C4H8Cl2CoN2O2. The standard InChI is InChI=1S/C4H8N2O2.2ClH.Co/c1-4(3-5-7)6-8-2;;;/h3,7H,1-2H3;2*1H;/q;;;+2/p-2. The van der Waals surface area contributed by atoms with Crippen molar-refractivity contribution in [3.8, 4) is 0 Å². The molecule has 0 spiro atoms. The van der Waals surface area contributed by atoms with Gasteiger partial charge in [0.15, 0.2) is 0 Å². The van der Waals surface area contributed by atoms with Gasteiger partial charge in [0.05, 0.1) is 11.9 Å². The van der Waals surface area contributed by atoms with E-state index in [0.29, 0.717) is 18.6 Å². The summed E-state index contributed by atoms with van der Waals surface area (Å²) in [6.45, 7) is 1.66. The fraction of sp³-hybridized carbons (Fsp3) is 0.500. The summed E-state index contributed by atoms with van der Waals surface area (Å²) in [4.78, 5) is 4.34.